The minimum Gasteiger partial charge on any atom is -0.392 e. The average Bonchev–Trinajstić information content (AvgIpc) is 2.65. The Balaban J connectivity index is 2.79. The van der Waals surface area contributed by atoms with Crippen LogP contribution >= 0.6 is 39.9 Å². The summed E-state index contributed by atoms with van der Waals surface area (Å²) >= 11 is 9.61. The van der Waals surface area contributed by atoms with E-state index < -0.39 is 0 Å². The first-order valence-corrected chi connectivity index (χ1v) is 6.60. The van der Waals surface area contributed by atoms with Gasteiger partial charge in [0.2, 0.25) is 0 Å². The van der Waals surface area contributed by atoms with Crippen molar-refractivity contribution in [3.63, 3.8) is 0 Å². The zero-order valence-corrected chi connectivity index (χ0v) is 10.6. The largest absolute Gasteiger partial charge is 0.392 e. The molecular weight excluding hydrogens is 280 g/mol. The van der Waals surface area contributed by atoms with E-state index in [0.29, 0.717) is 0 Å². The van der Waals surface area contributed by atoms with Crippen molar-refractivity contribution in [2.45, 2.75) is 16.8 Å². The fourth-order valence-corrected chi connectivity index (χ4v) is 3.70. The zero-order chi connectivity index (χ0) is 10.1. The Hall–Kier alpha value is -0.0300. The number of fused-ring (bicyclic) bond motifs is 1. The standard InChI is InChI=1S/C10H9BrOS2/c11-4-8-7(5-12)3-6-1-2-14-10(6)9(8)13/h1-3,12-13H,4-5H2. The molecule has 0 atom stereocenters. The maximum absolute atomic E-state index is 9.22. The van der Waals surface area contributed by atoms with Crippen LogP contribution in [0.1, 0.15) is 11.1 Å². The van der Waals surface area contributed by atoms with Gasteiger partial charge in [0.15, 0.2) is 0 Å². The Bertz CT molecular complexity index is 464. The van der Waals surface area contributed by atoms with Crippen LogP contribution in [-0.2, 0) is 11.9 Å². The molecule has 1 nitrogen and oxygen atoms in total. The third-order valence-electron chi connectivity index (χ3n) is 2.22. The molecule has 0 bridgehead atoms. The summed E-state index contributed by atoms with van der Waals surface area (Å²) < 4.78 is 1.19. The van der Waals surface area contributed by atoms with E-state index >= 15 is 0 Å². The number of halogens is 1. The maximum Gasteiger partial charge on any atom is 0.0685 e. The van der Waals surface area contributed by atoms with Gasteiger partial charge in [0.25, 0.3) is 0 Å². The van der Waals surface area contributed by atoms with Crippen molar-refractivity contribution >= 4 is 50.0 Å². The highest BCUT2D eigenvalue weighted by molar-refractivity contribution is 9.08. The van der Waals surface area contributed by atoms with E-state index in [0.717, 1.165) is 26.7 Å². The molecule has 0 amide bonds. The average molecular weight is 289 g/mol. The molecular formula is C10H9BrOS2. The third kappa shape index (κ3) is 1.60. The molecule has 0 radical (unpaired) electrons. The second-order valence-corrected chi connectivity index (χ2v) is 4.92. The van der Waals surface area contributed by atoms with Gasteiger partial charge < -0.3 is 5.11 Å². The van der Waals surface area contributed by atoms with Crippen LogP contribution in [-0.4, -0.2) is 5.11 Å². The van der Waals surface area contributed by atoms with Crippen molar-refractivity contribution < 1.29 is 5.11 Å². The second-order valence-electron chi connectivity index (χ2n) is 2.99. The van der Waals surface area contributed by atoms with Gasteiger partial charge in [-0.25, -0.2) is 0 Å². The van der Waals surface area contributed by atoms with E-state index in [-0.39, 0.29) is 6.61 Å². The van der Waals surface area contributed by atoms with Crippen LogP contribution in [0.15, 0.2) is 22.4 Å². The predicted octanol–water partition coefficient (Wildman–Crippen LogP) is 3.58. The summed E-state index contributed by atoms with van der Waals surface area (Å²) in [4.78, 5) is 0.985. The van der Waals surface area contributed by atoms with Crippen LogP contribution in [0.3, 0.4) is 0 Å². The first-order valence-electron chi connectivity index (χ1n) is 4.15. The molecule has 0 aliphatic heterocycles. The Labute approximate surface area is 100 Å². The van der Waals surface area contributed by atoms with Crippen LogP contribution in [0.5, 0.6) is 0 Å². The van der Waals surface area contributed by atoms with Gasteiger partial charge in [-0.05, 0) is 34.0 Å². The molecule has 1 aromatic heterocycles. The van der Waals surface area contributed by atoms with Crippen molar-refractivity contribution in [3.8, 4) is 0 Å². The van der Waals surface area contributed by atoms with E-state index in [4.69, 9.17) is 0 Å². The molecule has 1 heterocycles. The SMILES string of the molecule is OCc1cc2ccsc2c(S)c1CBr. The van der Waals surface area contributed by atoms with Crippen LogP contribution in [0.4, 0.5) is 0 Å². The first kappa shape index (κ1) is 10.5. The zero-order valence-electron chi connectivity index (χ0n) is 7.33. The lowest BCUT2D eigenvalue weighted by Crippen LogP contribution is -1.92. The Morgan fingerprint density at radius 1 is 1.50 bits per heavy atom. The highest BCUT2D eigenvalue weighted by Crippen LogP contribution is 2.33. The maximum atomic E-state index is 9.22. The van der Waals surface area contributed by atoms with E-state index in [9.17, 15) is 5.11 Å². The number of benzene rings is 1. The van der Waals surface area contributed by atoms with Gasteiger partial charge in [0, 0.05) is 14.9 Å². The third-order valence-corrected chi connectivity index (χ3v) is 4.37. The topological polar surface area (TPSA) is 20.2 Å². The lowest BCUT2D eigenvalue weighted by molar-refractivity contribution is 0.281. The summed E-state index contributed by atoms with van der Waals surface area (Å²) in [5.41, 5.74) is 2.04. The number of thiophene rings is 1. The van der Waals surface area contributed by atoms with Crippen LogP contribution in [0, 0.1) is 0 Å². The summed E-state index contributed by atoms with van der Waals surface area (Å²) in [6, 6.07) is 4.08. The van der Waals surface area contributed by atoms with Gasteiger partial charge in [-0.3, -0.25) is 0 Å². The number of hydrogen-bond acceptors (Lipinski definition) is 3. The van der Waals surface area contributed by atoms with Crippen molar-refractivity contribution in [2.75, 3.05) is 0 Å². The molecule has 1 aromatic carbocycles. The monoisotopic (exact) mass is 288 g/mol. The Morgan fingerprint density at radius 2 is 2.29 bits per heavy atom. The van der Waals surface area contributed by atoms with Gasteiger partial charge in [0.1, 0.15) is 0 Å². The first-order chi connectivity index (χ1) is 6.77. The van der Waals surface area contributed by atoms with E-state index in [2.05, 4.69) is 34.6 Å². The molecule has 0 saturated carbocycles. The van der Waals surface area contributed by atoms with Crippen LogP contribution in [0.25, 0.3) is 10.1 Å². The lowest BCUT2D eigenvalue weighted by atomic mass is 10.1. The van der Waals surface area contributed by atoms with Crippen molar-refractivity contribution in [1.29, 1.82) is 0 Å². The number of hydrogen-bond donors (Lipinski definition) is 2. The normalized spacial score (nSPS) is 11.1. The Morgan fingerprint density at radius 3 is 2.93 bits per heavy atom. The van der Waals surface area contributed by atoms with E-state index in [1.807, 2.05) is 11.4 Å². The molecule has 0 spiro atoms. The predicted molar refractivity (Wildman–Crippen MR) is 67.6 cm³/mol. The molecule has 0 unspecified atom stereocenters. The molecule has 4 heteroatoms. The summed E-state index contributed by atoms with van der Waals surface area (Å²) in [5, 5.41) is 13.2. The smallest absolute Gasteiger partial charge is 0.0685 e. The molecule has 14 heavy (non-hydrogen) atoms. The molecule has 0 aliphatic rings. The lowest BCUT2D eigenvalue weighted by Gasteiger charge is -2.08. The van der Waals surface area contributed by atoms with Crippen LogP contribution in [0.2, 0.25) is 0 Å². The Kier molecular flexibility index (Phi) is 3.17. The quantitative estimate of drug-likeness (QED) is 0.639. The van der Waals surface area contributed by atoms with Gasteiger partial charge in [-0.1, -0.05) is 15.9 Å². The van der Waals surface area contributed by atoms with Gasteiger partial charge in [0.05, 0.1) is 6.61 Å². The second kappa shape index (κ2) is 4.23. The van der Waals surface area contributed by atoms with Gasteiger partial charge >= 0.3 is 0 Å². The van der Waals surface area contributed by atoms with Crippen LogP contribution < -0.4 is 0 Å². The van der Waals surface area contributed by atoms with Crippen molar-refractivity contribution in [1.82, 2.24) is 0 Å². The summed E-state index contributed by atoms with van der Waals surface area (Å²) in [7, 11) is 0. The molecule has 0 aliphatic carbocycles. The van der Waals surface area contributed by atoms with Gasteiger partial charge in [-0.15, -0.1) is 24.0 Å². The molecule has 2 aromatic rings. The summed E-state index contributed by atoms with van der Waals surface area (Å²) in [5.74, 6) is 0. The number of aliphatic hydroxyl groups excluding tert-OH is 1. The van der Waals surface area contributed by atoms with Crippen molar-refractivity contribution in [3.05, 3.63) is 28.6 Å². The van der Waals surface area contributed by atoms with Gasteiger partial charge in [-0.2, -0.15) is 0 Å². The molecule has 74 valence electrons. The molecule has 1 N–H and O–H groups in total. The molecule has 0 fully saturated rings. The number of alkyl halides is 1. The fourth-order valence-electron chi connectivity index (χ4n) is 1.48. The van der Waals surface area contributed by atoms with Crippen molar-refractivity contribution in [2.24, 2.45) is 0 Å². The van der Waals surface area contributed by atoms with E-state index in [1.165, 1.54) is 4.70 Å². The minimum absolute atomic E-state index is 0.0697. The highest BCUT2D eigenvalue weighted by atomic mass is 79.9. The fraction of sp³-hybridized carbons (Fsp3) is 0.200. The number of aliphatic hydroxyl groups is 1. The summed E-state index contributed by atoms with van der Waals surface area (Å²) in [6.07, 6.45) is 0. The molecule has 2 rings (SSSR count). The number of rotatable bonds is 2. The number of thiol groups is 1. The van der Waals surface area contributed by atoms with E-state index in [1.54, 1.807) is 11.3 Å². The highest BCUT2D eigenvalue weighted by Gasteiger charge is 2.10. The molecule has 0 saturated heterocycles. The summed E-state index contributed by atoms with van der Waals surface area (Å²) in [6.45, 7) is 0.0697. The minimum atomic E-state index is 0.0697.